The van der Waals surface area contributed by atoms with E-state index in [-0.39, 0.29) is 29.8 Å². The van der Waals surface area contributed by atoms with Gasteiger partial charge in [-0.25, -0.2) is 4.79 Å². The highest BCUT2D eigenvalue weighted by Crippen LogP contribution is 2.44. The molecule has 0 bridgehead atoms. The van der Waals surface area contributed by atoms with E-state index >= 15 is 0 Å². The Balaban J connectivity index is 1.23. The van der Waals surface area contributed by atoms with Gasteiger partial charge < -0.3 is 19.7 Å². The number of hydrogen-bond donors (Lipinski definition) is 3. The minimum atomic E-state index is -4.80. The molecule has 2 aliphatic carbocycles. The van der Waals surface area contributed by atoms with Crippen molar-refractivity contribution in [1.29, 1.82) is 0 Å². The van der Waals surface area contributed by atoms with Crippen molar-refractivity contribution in [2.24, 2.45) is 11.8 Å². The number of aromatic nitrogens is 4. The lowest BCUT2D eigenvalue weighted by Gasteiger charge is -2.44. The topological polar surface area (TPSA) is 134 Å². The standard InChI is InChI=1S/C31H36F3N7O4/c32-31(33,34)45-24-13-9-22(10-14-24)35-30(43)41(23-11-6-20(7-12-23)19-4-2-1-3-5-19)26-16-17-44-27-18-21(8-15-25(26)27)28(42)36-29-37-39-40-38-29/h8-10,13-15,18-20,23,26H,1-7,11-12,16-17H2,(H,35,43)(H2,36,37,38,39,40,42). The minimum Gasteiger partial charge on any atom is -0.493 e. The van der Waals surface area contributed by atoms with Gasteiger partial charge >= 0.3 is 12.4 Å². The smallest absolute Gasteiger partial charge is 0.493 e. The molecule has 6 rings (SSSR count). The molecule has 1 unspecified atom stereocenters. The van der Waals surface area contributed by atoms with Crippen LogP contribution in [0.4, 0.5) is 29.6 Å². The molecule has 1 atom stereocenters. The summed E-state index contributed by atoms with van der Waals surface area (Å²) in [6.07, 6.45) is 6.04. The number of carbonyl (C=O) groups is 2. The molecule has 2 fully saturated rings. The number of tetrazole rings is 1. The molecule has 3 N–H and O–H groups in total. The summed E-state index contributed by atoms with van der Waals surface area (Å²) in [5.41, 5.74) is 1.48. The number of urea groups is 1. The highest BCUT2D eigenvalue weighted by atomic mass is 19.4. The molecule has 3 aliphatic rings. The molecule has 11 nitrogen and oxygen atoms in total. The van der Waals surface area contributed by atoms with Crippen LogP contribution in [0.25, 0.3) is 0 Å². The number of anilines is 2. The van der Waals surface area contributed by atoms with Crippen LogP contribution in [-0.2, 0) is 0 Å². The summed E-state index contributed by atoms with van der Waals surface area (Å²) < 4.78 is 47.9. The van der Waals surface area contributed by atoms with Crippen LogP contribution in [-0.4, -0.2) is 56.5 Å². The van der Waals surface area contributed by atoms with Crippen LogP contribution in [0.5, 0.6) is 11.5 Å². The molecule has 1 aromatic heterocycles. The Morgan fingerprint density at radius 3 is 2.33 bits per heavy atom. The van der Waals surface area contributed by atoms with Gasteiger partial charge in [0, 0.05) is 29.3 Å². The molecule has 0 spiro atoms. The third-order valence-electron chi connectivity index (χ3n) is 9.21. The highest BCUT2D eigenvalue weighted by molar-refractivity contribution is 6.03. The second-order valence-electron chi connectivity index (χ2n) is 12.0. The highest BCUT2D eigenvalue weighted by Gasteiger charge is 2.39. The van der Waals surface area contributed by atoms with Gasteiger partial charge in [0.15, 0.2) is 0 Å². The first-order valence-electron chi connectivity index (χ1n) is 15.5. The minimum absolute atomic E-state index is 0.0326. The van der Waals surface area contributed by atoms with Gasteiger partial charge in [0.1, 0.15) is 11.5 Å². The van der Waals surface area contributed by atoms with Crippen molar-refractivity contribution in [2.45, 2.75) is 82.7 Å². The fourth-order valence-electron chi connectivity index (χ4n) is 7.14. The van der Waals surface area contributed by atoms with Crippen molar-refractivity contribution < 1.29 is 32.2 Å². The van der Waals surface area contributed by atoms with Crippen molar-refractivity contribution >= 4 is 23.6 Å². The normalized spacial score (nSPS) is 22.1. The van der Waals surface area contributed by atoms with E-state index in [0.717, 1.165) is 37.2 Å². The van der Waals surface area contributed by atoms with Crippen LogP contribution < -0.4 is 20.1 Å². The number of fused-ring (bicyclic) bond motifs is 1. The van der Waals surface area contributed by atoms with E-state index in [1.807, 2.05) is 11.0 Å². The quantitative estimate of drug-likeness (QED) is 0.261. The molecule has 0 radical (unpaired) electrons. The number of rotatable bonds is 7. The molecule has 2 heterocycles. The Morgan fingerprint density at radius 2 is 1.64 bits per heavy atom. The van der Waals surface area contributed by atoms with Crippen LogP contribution in [0.1, 0.15) is 86.2 Å². The van der Waals surface area contributed by atoms with Crippen LogP contribution in [0.2, 0.25) is 0 Å². The predicted octanol–water partition coefficient (Wildman–Crippen LogP) is 6.85. The monoisotopic (exact) mass is 627 g/mol. The number of halogens is 3. The van der Waals surface area contributed by atoms with Crippen molar-refractivity contribution in [3.63, 3.8) is 0 Å². The molecule has 14 heteroatoms. The molecule has 2 aromatic carbocycles. The number of amides is 3. The van der Waals surface area contributed by atoms with E-state index in [9.17, 15) is 22.8 Å². The third kappa shape index (κ3) is 7.48. The zero-order chi connectivity index (χ0) is 31.4. The first-order valence-corrected chi connectivity index (χ1v) is 15.5. The van der Waals surface area contributed by atoms with Gasteiger partial charge in [-0.1, -0.05) is 43.3 Å². The first kappa shape index (κ1) is 30.7. The van der Waals surface area contributed by atoms with Crippen LogP contribution in [0.15, 0.2) is 42.5 Å². The first-order chi connectivity index (χ1) is 21.7. The van der Waals surface area contributed by atoms with Gasteiger partial charge in [0.05, 0.1) is 12.6 Å². The average molecular weight is 628 g/mol. The van der Waals surface area contributed by atoms with Gasteiger partial charge in [-0.3, -0.25) is 10.1 Å². The number of nitrogens with zero attached hydrogens (tertiary/aromatic N) is 4. The summed E-state index contributed by atoms with van der Waals surface area (Å²) in [4.78, 5) is 28.7. The molecule has 3 amide bonds. The number of aromatic amines is 1. The molecular weight excluding hydrogens is 591 g/mol. The van der Waals surface area contributed by atoms with Gasteiger partial charge in [-0.05, 0) is 79.1 Å². The van der Waals surface area contributed by atoms with Gasteiger partial charge in [0.2, 0.25) is 0 Å². The van der Waals surface area contributed by atoms with Gasteiger partial charge in [-0.2, -0.15) is 5.21 Å². The van der Waals surface area contributed by atoms with E-state index in [2.05, 4.69) is 36.0 Å². The number of carbonyl (C=O) groups excluding carboxylic acids is 2. The van der Waals surface area contributed by atoms with E-state index in [1.165, 1.54) is 56.4 Å². The van der Waals surface area contributed by atoms with Gasteiger partial charge in [0.25, 0.3) is 11.9 Å². The summed E-state index contributed by atoms with van der Waals surface area (Å²) in [6, 6.07) is 9.56. The molecule has 3 aromatic rings. The number of benzene rings is 2. The largest absolute Gasteiger partial charge is 0.573 e. The lowest BCUT2D eigenvalue weighted by Crippen LogP contribution is -2.48. The second kappa shape index (κ2) is 13.3. The van der Waals surface area contributed by atoms with Crippen molar-refractivity contribution in [3.05, 3.63) is 53.6 Å². The van der Waals surface area contributed by atoms with E-state index in [0.29, 0.717) is 35.9 Å². The molecule has 1 aliphatic heterocycles. The number of H-pyrrole nitrogens is 1. The zero-order valence-corrected chi connectivity index (χ0v) is 24.7. The number of hydrogen-bond acceptors (Lipinski definition) is 7. The van der Waals surface area contributed by atoms with Crippen molar-refractivity contribution in [1.82, 2.24) is 25.5 Å². The summed E-state index contributed by atoms with van der Waals surface area (Å²) in [5, 5.41) is 18.7. The zero-order valence-electron chi connectivity index (χ0n) is 24.7. The van der Waals surface area contributed by atoms with Crippen LogP contribution >= 0.6 is 0 Å². The predicted molar refractivity (Wildman–Crippen MR) is 158 cm³/mol. The van der Waals surface area contributed by atoms with Crippen molar-refractivity contribution in [3.8, 4) is 11.5 Å². The SMILES string of the molecule is O=C(Nc1nn[nH]n1)c1ccc2c(c1)OCCC2N(C(=O)Nc1ccc(OC(F)(F)F)cc1)C1CCC(C2CCCCC2)CC1. The summed E-state index contributed by atoms with van der Waals surface area (Å²) in [6.45, 7) is 0.345. The summed E-state index contributed by atoms with van der Waals surface area (Å²) >= 11 is 0. The molecule has 45 heavy (non-hydrogen) atoms. The Bertz CT molecular complexity index is 1450. The fourth-order valence-corrected chi connectivity index (χ4v) is 7.14. The molecule has 2 saturated carbocycles. The van der Waals surface area contributed by atoms with E-state index < -0.39 is 12.3 Å². The lowest BCUT2D eigenvalue weighted by molar-refractivity contribution is -0.274. The maximum absolute atomic E-state index is 14.0. The lowest BCUT2D eigenvalue weighted by atomic mass is 9.72. The average Bonchev–Trinajstić information content (AvgIpc) is 3.55. The van der Waals surface area contributed by atoms with Crippen molar-refractivity contribution in [2.75, 3.05) is 17.2 Å². The maximum atomic E-state index is 14.0. The van der Waals surface area contributed by atoms with E-state index in [1.54, 1.807) is 12.1 Å². The van der Waals surface area contributed by atoms with Crippen LogP contribution in [0.3, 0.4) is 0 Å². The van der Waals surface area contributed by atoms with Crippen LogP contribution in [0, 0.1) is 11.8 Å². The Labute approximate surface area is 258 Å². The maximum Gasteiger partial charge on any atom is 0.573 e. The second-order valence-corrected chi connectivity index (χ2v) is 12.0. The number of ether oxygens (including phenoxy) is 2. The Hall–Kier alpha value is -4.36. The van der Waals surface area contributed by atoms with E-state index in [4.69, 9.17) is 4.74 Å². The fraction of sp³-hybridized carbons (Fsp3) is 0.516. The Morgan fingerprint density at radius 1 is 0.911 bits per heavy atom. The molecular formula is C31H36F3N7O4. The summed E-state index contributed by atoms with van der Waals surface area (Å²) in [7, 11) is 0. The molecule has 0 saturated heterocycles. The number of alkyl halides is 3. The Kier molecular flexibility index (Phi) is 9.08. The summed E-state index contributed by atoms with van der Waals surface area (Å²) in [5.74, 6) is 1.17. The van der Waals surface area contributed by atoms with Gasteiger partial charge in [-0.15, -0.1) is 18.3 Å². The number of nitrogens with one attached hydrogen (secondary N) is 3. The third-order valence-corrected chi connectivity index (χ3v) is 9.21. The molecule has 240 valence electrons.